The molecule has 2 aromatic carbocycles. The molecule has 1 N–H and O–H groups in total. The number of carbonyl (C=O) groups is 1. The highest BCUT2D eigenvalue weighted by Gasteiger charge is 2.12. The molecule has 3 rings (SSSR count). The number of anilines is 1. The Labute approximate surface area is 144 Å². The fraction of sp³-hybridized carbons (Fsp3) is 0.111. The van der Waals surface area contributed by atoms with E-state index in [4.69, 9.17) is 0 Å². The largest absolute Gasteiger partial charge is 0.305 e. The zero-order valence-corrected chi connectivity index (χ0v) is 13.5. The van der Waals surface area contributed by atoms with Crippen molar-refractivity contribution in [3.05, 3.63) is 87.6 Å². The average Bonchev–Trinajstić information content (AvgIpc) is 3.02. The molecule has 0 saturated heterocycles. The van der Waals surface area contributed by atoms with Gasteiger partial charge in [-0.3, -0.25) is 19.6 Å². The first-order valence-corrected chi connectivity index (χ1v) is 7.66. The standard InChI is InChI=1S/C18H16N4O3/c1-13-4-2-5-14(10-13)12-21-9-8-17(20-21)19-18(23)15-6-3-7-16(11-15)22(24)25/h2-11H,12H2,1H3,(H,19,20,23). The number of hydrogen-bond acceptors (Lipinski definition) is 4. The molecule has 0 aliphatic rings. The fourth-order valence-electron chi connectivity index (χ4n) is 2.46. The van der Waals surface area contributed by atoms with Crippen LogP contribution in [0.25, 0.3) is 0 Å². The van der Waals surface area contributed by atoms with Crippen molar-refractivity contribution in [2.45, 2.75) is 13.5 Å². The second-order valence-electron chi connectivity index (χ2n) is 5.65. The Morgan fingerprint density at radius 2 is 2.00 bits per heavy atom. The summed E-state index contributed by atoms with van der Waals surface area (Å²) in [5, 5.41) is 17.8. The van der Waals surface area contributed by atoms with E-state index in [1.54, 1.807) is 16.9 Å². The van der Waals surface area contributed by atoms with Gasteiger partial charge in [-0.25, -0.2) is 0 Å². The van der Waals surface area contributed by atoms with E-state index in [1.807, 2.05) is 25.1 Å². The third kappa shape index (κ3) is 4.08. The molecular weight excluding hydrogens is 320 g/mol. The van der Waals surface area contributed by atoms with Gasteiger partial charge in [0.25, 0.3) is 11.6 Å². The molecule has 7 heteroatoms. The van der Waals surface area contributed by atoms with Crippen LogP contribution in [0, 0.1) is 17.0 Å². The number of nitrogens with zero attached hydrogens (tertiary/aromatic N) is 3. The summed E-state index contributed by atoms with van der Waals surface area (Å²) in [5.74, 6) is -0.0475. The van der Waals surface area contributed by atoms with Gasteiger partial charge in [0.1, 0.15) is 0 Å². The number of aromatic nitrogens is 2. The molecule has 0 spiro atoms. The topological polar surface area (TPSA) is 90.1 Å². The minimum absolute atomic E-state index is 0.127. The Hall–Kier alpha value is -3.48. The summed E-state index contributed by atoms with van der Waals surface area (Å²) in [4.78, 5) is 22.5. The second kappa shape index (κ2) is 6.96. The van der Waals surface area contributed by atoms with Crippen molar-refractivity contribution < 1.29 is 9.72 Å². The summed E-state index contributed by atoms with van der Waals surface area (Å²) in [6.45, 7) is 2.62. The van der Waals surface area contributed by atoms with E-state index >= 15 is 0 Å². The van der Waals surface area contributed by atoms with Crippen LogP contribution in [0.5, 0.6) is 0 Å². The lowest BCUT2D eigenvalue weighted by Gasteiger charge is -2.04. The Morgan fingerprint density at radius 3 is 2.76 bits per heavy atom. The number of carbonyl (C=O) groups excluding carboxylic acids is 1. The lowest BCUT2D eigenvalue weighted by atomic mass is 10.1. The first kappa shape index (κ1) is 16.4. The number of nitro benzene ring substituents is 1. The molecule has 1 amide bonds. The third-order valence-electron chi connectivity index (χ3n) is 3.63. The summed E-state index contributed by atoms with van der Waals surface area (Å²) in [7, 11) is 0. The molecule has 0 atom stereocenters. The molecule has 7 nitrogen and oxygen atoms in total. The lowest BCUT2D eigenvalue weighted by Crippen LogP contribution is -2.13. The maximum absolute atomic E-state index is 12.2. The van der Waals surface area contributed by atoms with E-state index < -0.39 is 10.8 Å². The Bertz CT molecular complexity index is 933. The van der Waals surface area contributed by atoms with Gasteiger partial charge in [0, 0.05) is 30.0 Å². The monoisotopic (exact) mass is 336 g/mol. The number of nitro groups is 1. The van der Waals surface area contributed by atoms with Gasteiger partial charge < -0.3 is 5.32 Å². The van der Waals surface area contributed by atoms with Crippen LogP contribution in [0.4, 0.5) is 11.5 Å². The molecule has 0 bridgehead atoms. The SMILES string of the molecule is Cc1cccc(Cn2ccc(NC(=O)c3cccc([N+](=O)[O-])c3)n2)c1. The van der Waals surface area contributed by atoms with Gasteiger partial charge in [-0.2, -0.15) is 5.10 Å². The van der Waals surface area contributed by atoms with Crippen LogP contribution in [-0.2, 0) is 6.54 Å². The Morgan fingerprint density at radius 1 is 1.20 bits per heavy atom. The zero-order valence-electron chi connectivity index (χ0n) is 13.5. The van der Waals surface area contributed by atoms with Gasteiger partial charge in [0.05, 0.1) is 11.5 Å². The molecule has 126 valence electrons. The van der Waals surface area contributed by atoms with Crippen molar-refractivity contribution in [1.82, 2.24) is 9.78 Å². The second-order valence-corrected chi connectivity index (χ2v) is 5.65. The number of non-ortho nitro benzene ring substituents is 1. The molecular formula is C18H16N4O3. The minimum Gasteiger partial charge on any atom is -0.305 e. The first-order valence-electron chi connectivity index (χ1n) is 7.66. The van der Waals surface area contributed by atoms with E-state index in [2.05, 4.69) is 16.5 Å². The number of amides is 1. The summed E-state index contributed by atoms with van der Waals surface area (Å²) in [6, 6.07) is 15.3. The van der Waals surface area contributed by atoms with Gasteiger partial charge in [-0.1, -0.05) is 35.9 Å². The van der Waals surface area contributed by atoms with Gasteiger partial charge in [-0.05, 0) is 18.6 Å². The summed E-state index contributed by atoms with van der Waals surface area (Å²) < 4.78 is 1.72. The molecule has 25 heavy (non-hydrogen) atoms. The lowest BCUT2D eigenvalue weighted by molar-refractivity contribution is -0.384. The molecule has 0 unspecified atom stereocenters. The highest BCUT2D eigenvalue weighted by molar-refractivity contribution is 6.04. The normalized spacial score (nSPS) is 10.4. The van der Waals surface area contributed by atoms with Crippen molar-refractivity contribution >= 4 is 17.4 Å². The Kier molecular flexibility index (Phi) is 4.56. The first-order chi connectivity index (χ1) is 12.0. The van der Waals surface area contributed by atoms with E-state index in [0.717, 1.165) is 5.56 Å². The highest BCUT2D eigenvalue weighted by Crippen LogP contribution is 2.15. The minimum atomic E-state index is -0.534. The highest BCUT2D eigenvalue weighted by atomic mass is 16.6. The van der Waals surface area contributed by atoms with Crippen LogP contribution in [-0.4, -0.2) is 20.6 Å². The number of benzene rings is 2. The van der Waals surface area contributed by atoms with Crippen molar-refractivity contribution in [2.24, 2.45) is 0 Å². The maximum Gasteiger partial charge on any atom is 0.270 e. The van der Waals surface area contributed by atoms with Gasteiger partial charge in [0.2, 0.25) is 0 Å². The predicted molar refractivity (Wildman–Crippen MR) is 93.6 cm³/mol. The number of rotatable bonds is 5. The van der Waals surface area contributed by atoms with Crippen molar-refractivity contribution in [3.63, 3.8) is 0 Å². The van der Waals surface area contributed by atoms with Crippen LogP contribution in [0.3, 0.4) is 0 Å². The summed E-state index contributed by atoms with van der Waals surface area (Å²) in [5.41, 5.74) is 2.36. The quantitative estimate of drug-likeness (QED) is 0.571. The van der Waals surface area contributed by atoms with E-state index in [9.17, 15) is 14.9 Å². The summed E-state index contributed by atoms with van der Waals surface area (Å²) >= 11 is 0. The summed E-state index contributed by atoms with van der Waals surface area (Å²) in [6.07, 6.45) is 1.77. The average molecular weight is 336 g/mol. The predicted octanol–water partition coefficient (Wildman–Crippen LogP) is 3.40. The number of aryl methyl sites for hydroxylation is 1. The molecule has 0 saturated carbocycles. The van der Waals surface area contributed by atoms with E-state index in [1.165, 1.54) is 29.8 Å². The van der Waals surface area contributed by atoms with E-state index in [0.29, 0.717) is 12.4 Å². The van der Waals surface area contributed by atoms with Crippen LogP contribution in [0.15, 0.2) is 60.8 Å². The molecule has 1 heterocycles. The number of nitrogens with one attached hydrogen (secondary N) is 1. The molecule has 0 aliphatic heterocycles. The van der Waals surface area contributed by atoms with Crippen LogP contribution < -0.4 is 5.32 Å². The zero-order chi connectivity index (χ0) is 17.8. The van der Waals surface area contributed by atoms with Gasteiger partial charge >= 0.3 is 0 Å². The van der Waals surface area contributed by atoms with Gasteiger partial charge in [-0.15, -0.1) is 0 Å². The fourth-order valence-corrected chi connectivity index (χ4v) is 2.46. The van der Waals surface area contributed by atoms with Crippen molar-refractivity contribution in [3.8, 4) is 0 Å². The van der Waals surface area contributed by atoms with Gasteiger partial charge in [0.15, 0.2) is 5.82 Å². The maximum atomic E-state index is 12.2. The van der Waals surface area contributed by atoms with Crippen LogP contribution in [0.2, 0.25) is 0 Å². The third-order valence-corrected chi connectivity index (χ3v) is 3.63. The smallest absolute Gasteiger partial charge is 0.270 e. The molecule has 0 radical (unpaired) electrons. The van der Waals surface area contributed by atoms with Crippen LogP contribution >= 0.6 is 0 Å². The Balaban J connectivity index is 1.69. The van der Waals surface area contributed by atoms with Crippen molar-refractivity contribution in [1.29, 1.82) is 0 Å². The molecule has 1 aromatic heterocycles. The van der Waals surface area contributed by atoms with Crippen LogP contribution in [0.1, 0.15) is 21.5 Å². The van der Waals surface area contributed by atoms with E-state index in [-0.39, 0.29) is 11.3 Å². The molecule has 3 aromatic rings. The molecule has 0 aliphatic carbocycles. The molecule has 0 fully saturated rings. The van der Waals surface area contributed by atoms with Crippen molar-refractivity contribution in [2.75, 3.05) is 5.32 Å². The number of hydrogen-bond donors (Lipinski definition) is 1.